The van der Waals surface area contributed by atoms with Crippen LogP contribution in [0.5, 0.6) is 0 Å². The number of carbonyl (C=O) groups excluding carboxylic acids is 1. The molecule has 4 heteroatoms. The summed E-state index contributed by atoms with van der Waals surface area (Å²) in [6.07, 6.45) is 3.29. The van der Waals surface area contributed by atoms with Crippen LogP contribution in [-0.2, 0) is 4.74 Å². The fourth-order valence-corrected chi connectivity index (χ4v) is 3.11. The third-order valence-electron chi connectivity index (χ3n) is 4.40. The lowest BCUT2D eigenvalue weighted by molar-refractivity contribution is 0.00899. The number of hydrogen-bond donors (Lipinski definition) is 1. The molecule has 2 aliphatic rings. The van der Waals surface area contributed by atoms with E-state index in [1.165, 1.54) is 6.42 Å². The van der Waals surface area contributed by atoms with Crippen LogP contribution in [0.25, 0.3) is 0 Å². The average molecular weight is 254 g/mol. The van der Waals surface area contributed by atoms with Crippen molar-refractivity contribution in [3.05, 3.63) is 0 Å². The van der Waals surface area contributed by atoms with Crippen LogP contribution in [0.4, 0.5) is 4.79 Å². The van der Waals surface area contributed by atoms with Crippen LogP contribution < -0.4 is 5.32 Å². The van der Waals surface area contributed by atoms with Gasteiger partial charge in [-0.15, -0.1) is 0 Å². The van der Waals surface area contributed by atoms with E-state index in [-0.39, 0.29) is 6.09 Å². The van der Waals surface area contributed by atoms with E-state index in [9.17, 15) is 4.79 Å². The smallest absolute Gasteiger partial charge is 0.410 e. The molecule has 1 atom stereocenters. The average Bonchev–Trinajstić information content (AvgIpc) is 2.59. The van der Waals surface area contributed by atoms with Crippen molar-refractivity contribution in [1.29, 1.82) is 0 Å². The highest BCUT2D eigenvalue weighted by Crippen LogP contribution is 2.41. The summed E-state index contributed by atoms with van der Waals surface area (Å²) >= 11 is 0. The molecule has 104 valence electrons. The lowest BCUT2D eigenvalue weighted by atomic mass is 9.73. The molecule has 1 N–H and O–H groups in total. The Morgan fingerprint density at radius 1 is 1.28 bits per heavy atom. The highest BCUT2D eigenvalue weighted by molar-refractivity contribution is 5.68. The summed E-state index contributed by atoms with van der Waals surface area (Å²) < 4.78 is 5.43. The number of amides is 1. The summed E-state index contributed by atoms with van der Waals surface area (Å²) in [6.45, 7) is 10.8. The number of hydrogen-bond acceptors (Lipinski definition) is 3. The quantitative estimate of drug-likeness (QED) is 0.721. The Balaban J connectivity index is 1.89. The van der Waals surface area contributed by atoms with Crippen LogP contribution in [-0.4, -0.2) is 42.3 Å². The van der Waals surface area contributed by atoms with Crippen molar-refractivity contribution in [2.75, 3.05) is 19.6 Å². The van der Waals surface area contributed by atoms with Crippen LogP contribution in [0.1, 0.15) is 47.0 Å². The Labute approximate surface area is 110 Å². The molecule has 1 amide bonds. The van der Waals surface area contributed by atoms with Crippen molar-refractivity contribution < 1.29 is 9.53 Å². The third kappa shape index (κ3) is 2.79. The van der Waals surface area contributed by atoms with Gasteiger partial charge < -0.3 is 15.0 Å². The normalized spacial score (nSPS) is 27.6. The van der Waals surface area contributed by atoms with Gasteiger partial charge in [0.2, 0.25) is 0 Å². The zero-order chi connectivity index (χ0) is 13.4. The number of rotatable bonds is 0. The minimum Gasteiger partial charge on any atom is -0.444 e. The van der Waals surface area contributed by atoms with E-state index in [0.29, 0.717) is 11.5 Å². The van der Waals surface area contributed by atoms with Gasteiger partial charge in [0.25, 0.3) is 0 Å². The highest BCUT2D eigenvalue weighted by Gasteiger charge is 2.43. The standard InChI is InChI=1S/C14H26N2O2/c1-11-14(5-8-15-11)6-9-16(10-7-14)12(17)18-13(2,3)4/h11,15H,5-10H2,1-4H3/t11-/m0/s1. The molecule has 4 nitrogen and oxygen atoms in total. The summed E-state index contributed by atoms with van der Waals surface area (Å²) in [5, 5.41) is 3.53. The molecule has 0 saturated carbocycles. The SMILES string of the molecule is C[C@@H]1NCCC12CCN(C(=O)OC(C)(C)C)CC2. The first-order valence-electron chi connectivity index (χ1n) is 7.04. The summed E-state index contributed by atoms with van der Waals surface area (Å²) in [6, 6.07) is 0.582. The molecule has 2 heterocycles. The number of piperidine rings is 1. The van der Waals surface area contributed by atoms with Crippen molar-refractivity contribution >= 4 is 6.09 Å². The second-order valence-electron chi connectivity index (χ2n) is 6.76. The number of ether oxygens (including phenoxy) is 1. The van der Waals surface area contributed by atoms with E-state index >= 15 is 0 Å². The Morgan fingerprint density at radius 3 is 2.33 bits per heavy atom. The van der Waals surface area contributed by atoms with Gasteiger partial charge in [-0.05, 0) is 58.9 Å². The minimum atomic E-state index is -0.394. The molecule has 2 rings (SSSR count). The number of nitrogens with one attached hydrogen (secondary N) is 1. The maximum absolute atomic E-state index is 12.0. The van der Waals surface area contributed by atoms with E-state index in [4.69, 9.17) is 4.74 Å². The molecule has 0 aromatic heterocycles. The van der Waals surface area contributed by atoms with E-state index in [2.05, 4.69) is 12.2 Å². The van der Waals surface area contributed by atoms with Gasteiger partial charge >= 0.3 is 6.09 Å². The number of nitrogens with zero attached hydrogens (tertiary/aromatic N) is 1. The first-order chi connectivity index (χ1) is 8.32. The van der Waals surface area contributed by atoms with Crippen LogP contribution in [0.15, 0.2) is 0 Å². The second-order valence-corrected chi connectivity index (χ2v) is 6.76. The third-order valence-corrected chi connectivity index (χ3v) is 4.40. The first kappa shape index (κ1) is 13.7. The van der Waals surface area contributed by atoms with Gasteiger partial charge in [-0.3, -0.25) is 0 Å². The summed E-state index contributed by atoms with van der Waals surface area (Å²) in [7, 11) is 0. The lowest BCUT2D eigenvalue weighted by Gasteiger charge is -2.41. The molecule has 0 unspecified atom stereocenters. The van der Waals surface area contributed by atoms with Crippen molar-refractivity contribution in [2.24, 2.45) is 5.41 Å². The Hall–Kier alpha value is -0.770. The molecule has 0 aromatic carbocycles. The fourth-order valence-electron chi connectivity index (χ4n) is 3.11. The van der Waals surface area contributed by atoms with Crippen LogP contribution in [0.3, 0.4) is 0 Å². The molecular formula is C14H26N2O2. The summed E-state index contributed by atoms with van der Waals surface area (Å²) in [4.78, 5) is 13.8. The first-order valence-corrected chi connectivity index (χ1v) is 7.04. The van der Waals surface area contributed by atoms with Gasteiger partial charge in [-0.2, -0.15) is 0 Å². The number of likely N-dealkylation sites (tertiary alicyclic amines) is 1. The molecule has 0 radical (unpaired) electrons. The monoisotopic (exact) mass is 254 g/mol. The van der Waals surface area contributed by atoms with Crippen molar-refractivity contribution in [3.63, 3.8) is 0 Å². The van der Waals surface area contributed by atoms with E-state index in [1.54, 1.807) is 0 Å². The van der Waals surface area contributed by atoms with E-state index < -0.39 is 5.60 Å². The van der Waals surface area contributed by atoms with Gasteiger partial charge in [-0.1, -0.05) is 0 Å². The van der Waals surface area contributed by atoms with Gasteiger partial charge in [-0.25, -0.2) is 4.79 Å². The maximum atomic E-state index is 12.0. The molecular weight excluding hydrogens is 228 g/mol. The van der Waals surface area contributed by atoms with Crippen molar-refractivity contribution in [1.82, 2.24) is 10.2 Å². The fraction of sp³-hybridized carbons (Fsp3) is 0.929. The van der Waals surface area contributed by atoms with Crippen molar-refractivity contribution in [3.8, 4) is 0 Å². The van der Waals surface area contributed by atoms with Gasteiger partial charge in [0.15, 0.2) is 0 Å². The second kappa shape index (κ2) is 4.72. The Bertz CT molecular complexity index is 314. The van der Waals surface area contributed by atoms with Crippen LogP contribution >= 0.6 is 0 Å². The zero-order valence-electron chi connectivity index (χ0n) is 12.1. The molecule has 18 heavy (non-hydrogen) atoms. The van der Waals surface area contributed by atoms with E-state index in [1.807, 2.05) is 25.7 Å². The maximum Gasteiger partial charge on any atom is 0.410 e. The predicted octanol–water partition coefficient (Wildman–Crippen LogP) is 2.39. The summed E-state index contributed by atoms with van der Waals surface area (Å²) in [5.41, 5.74) is 0.0208. The molecule has 2 fully saturated rings. The largest absolute Gasteiger partial charge is 0.444 e. The summed E-state index contributed by atoms with van der Waals surface area (Å²) in [5.74, 6) is 0. The topological polar surface area (TPSA) is 41.6 Å². The minimum absolute atomic E-state index is 0.157. The molecule has 2 saturated heterocycles. The molecule has 2 aliphatic heterocycles. The van der Waals surface area contributed by atoms with Crippen LogP contribution in [0.2, 0.25) is 0 Å². The lowest BCUT2D eigenvalue weighted by Crippen LogP contribution is -2.48. The molecule has 0 bridgehead atoms. The zero-order valence-corrected chi connectivity index (χ0v) is 12.1. The Kier molecular flexibility index (Phi) is 3.58. The number of carbonyl (C=O) groups is 1. The molecule has 0 aliphatic carbocycles. The molecule has 1 spiro atoms. The van der Waals surface area contributed by atoms with Crippen LogP contribution in [0, 0.1) is 5.41 Å². The van der Waals surface area contributed by atoms with Gasteiger partial charge in [0.1, 0.15) is 5.60 Å². The Morgan fingerprint density at radius 2 is 1.89 bits per heavy atom. The highest BCUT2D eigenvalue weighted by atomic mass is 16.6. The van der Waals surface area contributed by atoms with Gasteiger partial charge in [0.05, 0.1) is 0 Å². The molecule has 0 aromatic rings. The van der Waals surface area contributed by atoms with E-state index in [0.717, 1.165) is 32.5 Å². The van der Waals surface area contributed by atoms with Gasteiger partial charge in [0, 0.05) is 19.1 Å². The van der Waals surface area contributed by atoms with Crippen molar-refractivity contribution in [2.45, 2.75) is 58.6 Å². The predicted molar refractivity (Wildman–Crippen MR) is 71.6 cm³/mol.